The Morgan fingerprint density at radius 1 is 0.639 bits per heavy atom. The number of carbonyl (C=O) groups excluding carboxylic acids is 4. The molecule has 61 heavy (non-hydrogen) atoms. The van der Waals surface area contributed by atoms with Gasteiger partial charge in [0, 0.05) is 31.3 Å². The smallest absolute Gasteiger partial charge is 0.407 e. The highest BCUT2D eigenvalue weighted by atomic mass is 16.5. The van der Waals surface area contributed by atoms with Gasteiger partial charge in [-0.05, 0) is 83.0 Å². The molecule has 6 aromatic rings. The average Bonchev–Trinajstić information content (AvgIpc) is 4.13. The molecule has 2 saturated heterocycles. The van der Waals surface area contributed by atoms with Crippen LogP contribution in [0, 0.1) is 5.92 Å². The zero-order valence-corrected chi connectivity index (χ0v) is 35.3. The number of carbonyl (C=O) groups is 4. The van der Waals surface area contributed by atoms with Crippen LogP contribution in [0.4, 0.5) is 9.59 Å². The lowest BCUT2D eigenvalue weighted by Crippen LogP contribution is -2.54. The Hall–Kier alpha value is -6.48. The van der Waals surface area contributed by atoms with E-state index in [2.05, 4.69) is 81.3 Å². The predicted molar refractivity (Wildman–Crippen MR) is 231 cm³/mol. The largest absolute Gasteiger partial charge is 0.453 e. The van der Waals surface area contributed by atoms with Crippen molar-refractivity contribution in [2.75, 3.05) is 34.4 Å². The highest BCUT2D eigenvalue weighted by molar-refractivity contribution is 6.26. The normalized spacial score (nSPS) is 18.1. The molecule has 2 aromatic heterocycles. The number of aromatic amines is 2. The fourth-order valence-electron chi connectivity index (χ4n) is 8.99. The van der Waals surface area contributed by atoms with Crippen LogP contribution < -0.4 is 10.6 Å². The molecule has 0 spiro atoms. The molecule has 2 aliphatic heterocycles. The third-order valence-electron chi connectivity index (χ3n) is 12.3. The molecule has 0 radical (unpaired) electrons. The second kappa shape index (κ2) is 17.2. The number of nitrogens with zero attached hydrogens (tertiary/aromatic N) is 4. The molecule has 318 valence electrons. The van der Waals surface area contributed by atoms with Gasteiger partial charge in [-0.1, -0.05) is 62.4 Å². The number of amides is 4. The summed E-state index contributed by atoms with van der Waals surface area (Å²) in [5, 5.41) is 12.0. The quantitative estimate of drug-likeness (QED) is 0.0968. The number of hydrogen-bond donors (Lipinski definition) is 4. The molecule has 4 amide bonds. The zero-order chi connectivity index (χ0) is 42.9. The van der Waals surface area contributed by atoms with Crippen molar-refractivity contribution in [3.05, 3.63) is 84.7 Å². The van der Waals surface area contributed by atoms with Crippen molar-refractivity contribution in [3.8, 4) is 22.5 Å². The molecular weight excluding hydrogens is 777 g/mol. The van der Waals surface area contributed by atoms with Gasteiger partial charge in [0.15, 0.2) is 0 Å². The highest BCUT2D eigenvalue weighted by Gasteiger charge is 2.39. The number of hydrogen-bond acceptors (Lipinski definition) is 9. The first kappa shape index (κ1) is 41.3. The number of likely N-dealkylation sites (tertiary alicyclic amines) is 2. The number of benzene rings is 4. The van der Waals surface area contributed by atoms with Gasteiger partial charge in [0.1, 0.15) is 23.7 Å². The summed E-state index contributed by atoms with van der Waals surface area (Å²) in [5.41, 5.74) is 3.63. The van der Waals surface area contributed by atoms with Crippen molar-refractivity contribution in [3.63, 3.8) is 0 Å². The first-order valence-electron chi connectivity index (χ1n) is 20.8. The number of aromatic nitrogens is 4. The van der Waals surface area contributed by atoms with Gasteiger partial charge in [0.25, 0.3) is 0 Å². The van der Waals surface area contributed by atoms with Crippen LogP contribution in [0.1, 0.15) is 70.2 Å². The van der Waals surface area contributed by atoms with Crippen molar-refractivity contribution in [1.82, 2.24) is 40.4 Å². The minimum absolute atomic E-state index is 0.121. The maximum absolute atomic E-state index is 13.8. The minimum atomic E-state index is -0.911. The van der Waals surface area contributed by atoms with E-state index in [-0.39, 0.29) is 29.8 Å². The maximum Gasteiger partial charge on any atom is 0.407 e. The third-order valence-corrected chi connectivity index (χ3v) is 12.3. The molecule has 4 heterocycles. The van der Waals surface area contributed by atoms with E-state index in [1.807, 2.05) is 31.1 Å². The second-order valence-electron chi connectivity index (χ2n) is 16.2. The summed E-state index contributed by atoms with van der Waals surface area (Å²) in [5.74, 6) is 0.879. The molecular formula is C46H52N8O7. The number of H-pyrrole nitrogens is 2. The van der Waals surface area contributed by atoms with Gasteiger partial charge in [0.05, 0.1) is 56.2 Å². The van der Waals surface area contributed by atoms with Crippen LogP contribution in [0.3, 0.4) is 0 Å². The summed E-state index contributed by atoms with van der Waals surface area (Å²) in [6.45, 7) is 6.66. The molecule has 4 N–H and O–H groups in total. The first-order chi connectivity index (χ1) is 29.5. The van der Waals surface area contributed by atoms with Gasteiger partial charge in [0.2, 0.25) is 11.8 Å². The Labute approximate surface area is 353 Å². The maximum atomic E-state index is 13.8. The molecule has 2 aliphatic rings. The highest BCUT2D eigenvalue weighted by Crippen LogP contribution is 2.40. The van der Waals surface area contributed by atoms with Crippen LogP contribution in [-0.4, -0.2) is 106 Å². The monoisotopic (exact) mass is 828 g/mol. The van der Waals surface area contributed by atoms with Gasteiger partial charge in [-0.25, -0.2) is 19.6 Å². The van der Waals surface area contributed by atoms with E-state index in [1.165, 1.54) is 21.3 Å². The number of ether oxygens (including phenoxy) is 3. The molecule has 2 fully saturated rings. The minimum Gasteiger partial charge on any atom is -0.453 e. The Kier molecular flexibility index (Phi) is 11.7. The molecule has 0 bridgehead atoms. The number of methoxy groups -OCH3 is 3. The van der Waals surface area contributed by atoms with E-state index in [1.54, 1.807) is 11.8 Å². The lowest BCUT2D eigenvalue weighted by atomic mass is 9.91. The molecule has 4 aromatic carbocycles. The standard InChI is InChI=1S/C46H52N8O7/c1-25(2)39(51-45(57)60-5)43(55)53-19-9-13-37(53)41-47-23-35(49-41)27-15-17-31-32-18-16-28(22-34(32)30-12-8-7-11-29(30)33(31)21-27)36-24-48-42(50-36)38-14-10-20-54(38)44(56)40(26(3)59-4)52-46(58)61-6/h7-8,11-12,15-18,21-26,37-40H,9-10,13-14,19-20H2,1-6H3,(H,47,49)(H,48,50)(H,51,57)(H,52,58)/t26-,37+,38+,39+,40+/m1/s1. The topological polar surface area (TPSA) is 184 Å². The Bertz CT molecular complexity index is 2600. The summed E-state index contributed by atoms with van der Waals surface area (Å²) in [7, 11) is 4.06. The SMILES string of the molecule is COC(=O)N[C@H](C(=O)N1CCC[C@H]1c1ncc(-c2ccc3c4ccc(-c5cnc([C@@H]6CCCN6C(=O)[C@@H](NC(=O)OC)[C@@H](C)OC)[nH]5)cc4c4ccccc4c3c2)[nH]1)C(C)C. The Balaban J connectivity index is 1.08. The van der Waals surface area contributed by atoms with Crippen molar-refractivity contribution in [1.29, 1.82) is 0 Å². The van der Waals surface area contributed by atoms with E-state index >= 15 is 0 Å². The van der Waals surface area contributed by atoms with Crippen LogP contribution in [0.2, 0.25) is 0 Å². The van der Waals surface area contributed by atoms with E-state index in [0.717, 1.165) is 80.5 Å². The number of rotatable bonds is 11. The molecule has 15 heteroatoms. The van der Waals surface area contributed by atoms with Gasteiger partial charge in [-0.2, -0.15) is 0 Å². The fourth-order valence-corrected chi connectivity index (χ4v) is 8.99. The lowest BCUT2D eigenvalue weighted by molar-refractivity contribution is -0.137. The molecule has 0 saturated carbocycles. The Morgan fingerprint density at radius 2 is 1.08 bits per heavy atom. The summed E-state index contributed by atoms with van der Waals surface area (Å²) in [6, 6.07) is 19.1. The van der Waals surface area contributed by atoms with E-state index < -0.39 is 30.4 Å². The number of alkyl carbamates (subject to hydrolysis) is 2. The van der Waals surface area contributed by atoms with Crippen LogP contribution >= 0.6 is 0 Å². The number of imidazole rings is 2. The molecule has 0 unspecified atom stereocenters. The fraction of sp³-hybridized carbons (Fsp3) is 0.391. The van der Waals surface area contributed by atoms with Gasteiger partial charge >= 0.3 is 12.2 Å². The average molecular weight is 829 g/mol. The second-order valence-corrected chi connectivity index (χ2v) is 16.2. The van der Waals surface area contributed by atoms with Crippen LogP contribution in [-0.2, 0) is 23.8 Å². The lowest BCUT2D eigenvalue weighted by Gasteiger charge is -2.30. The summed E-state index contributed by atoms with van der Waals surface area (Å²) in [4.78, 5) is 71.9. The Morgan fingerprint density at radius 3 is 1.52 bits per heavy atom. The first-order valence-corrected chi connectivity index (χ1v) is 20.8. The van der Waals surface area contributed by atoms with Crippen LogP contribution in [0.5, 0.6) is 0 Å². The predicted octanol–water partition coefficient (Wildman–Crippen LogP) is 7.39. The summed E-state index contributed by atoms with van der Waals surface area (Å²) < 4.78 is 15.0. The van der Waals surface area contributed by atoms with Gasteiger partial charge in [-0.3, -0.25) is 9.59 Å². The zero-order valence-electron chi connectivity index (χ0n) is 35.3. The third kappa shape index (κ3) is 7.85. The summed E-state index contributed by atoms with van der Waals surface area (Å²) >= 11 is 0. The van der Waals surface area contributed by atoms with Crippen molar-refractivity contribution in [2.45, 2.75) is 76.7 Å². The number of nitrogens with one attached hydrogen (secondary N) is 4. The van der Waals surface area contributed by atoms with Crippen LogP contribution in [0.25, 0.3) is 54.8 Å². The molecule has 5 atom stereocenters. The van der Waals surface area contributed by atoms with Gasteiger partial charge < -0.3 is 44.6 Å². The van der Waals surface area contributed by atoms with Crippen molar-refractivity contribution in [2.24, 2.45) is 5.92 Å². The van der Waals surface area contributed by atoms with Gasteiger partial charge in [-0.15, -0.1) is 0 Å². The molecule has 0 aliphatic carbocycles. The summed E-state index contributed by atoms with van der Waals surface area (Å²) in [6.07, 6.45) is 4.88. The van der Waals surface area contributed by atoms with Crippen molar-refractivity contribution >= 4 is 56.3 Å². The van der Waals surface area contributed by atoms with E-state index in [9.17, 15) is 19.2 Å². The molecule has 8 rings (SSSR count). The van der Waals surface area contributed by atoms with Crippen LogP contribution in [0.15, 0.2) is 73.1 Å². The van der Waals surface area contributed by atoms with Crippen molar-refractivity contribution < 1.29 is 33.4 Å². The van der Waals surface area contributed by atoms with E-state index in [0.29, 0.717) is 24.7 Å². The molecule has 15 nitrogen and oxygen atoms in total. The number of fused-ring (bicyclic) bond motifs is 6. The van der Waals surface area contributed by atoms with E-state index in [4.69, 9.17) is 24.2 Å².